The van der Waals surface area contributed by atoms with Crippen LogP contribution in [0, 0.1) is 5.21 Å². The monoisotopic (exact) mass is 380 g/mol. The Labute approximate surface area is 161 Å². The van der Waals surface area contributed by atoms with Crippen molar-refractivity contribution in [3.63, 3.8) is 0 Å². The normalized spacial score (nSPS) is 25.1. The Bertz CT molecular complexity index is 984. The Hall–Kier alpha value is -2.70. The Morgan fingerprint density at radius 1 is 1.15 bits per heavy atom. The molecule has 0 radical (unpaired) electrons. The van der Waals surface area contributed by atoms with Crippen LogP contribution in [0.2, 0.25) is 0 Å². The topological polar surface area (TPSA) is 67.5 Å². The van der Waals surface area contributed by atoms with Gasteiger partial charge in [0.15, 0.2) is 12.4 Å². The van der Waals surface area contributed by atoms with Gasteiger partial charge in [0.25, 0.3) is 0 Å². The molecule has 5 nitrogen and oxygen atoms in total. The molecule has 138 valence electrons. The smallest absolute Gasteiger partial charge is 0.233 e. The van der Waals surface area contributed by atoms with Gasteiger partial charge in [-0.1, -0.05) is 30.3 Å². The van der Waals surface area contributed by atoms with Crippen molar-refractivity contribution >= 4 is 17.2 Å². The zero-order valence-corrected chi connectivity index (χ0v) is 15.9. The lowest BCUT2D eigenvalue weighted by atomic mass is 9.81. The quantitative estimate of drug-likeness (QED) is 0.561. The molecule has 1 fully saturated rings. The van der Waals surface area contributed by atoms with E-state index >= 15 is 0 Å². The van der Waals surface area contributed by atoms with Crippen LogP contribution in [0.25, 0.3) is 10.4 Å². The van der Waals surface area contributed by atoms with Crippen molar-refractivity contribution in [1.82, 2.24) is 4.90 Å². The van der Waals surface area contributed by atoms with Crippen LogP contribution in [0.3, 0.4) is 0 Å². The standard InChI is InChI=1S/C21H20N2O3S/c1-21(25)19(14-7-4-3-5-8-14)18(20(24)22(21)2)17-11-10-16(27-17)15-9-6-12-23(26)13-15/h3-13,18-19,25H,1-2H3/t18?,19-,21+/m0/s1. The zero-order valence-electron chi connectivity index (χ0n) is 15.1. The summed E-state index contributed by atoms with van der Waals surface area (Å²) in [5.41, 5.74) is 0.459. The number of aromatic nitrogens is 1. The van der Waals surface area contributed by atoms with E-state index in [1.54, 1.807) is 20.0 Å². The number of aliphatic hydroxyl groups is 1. The number of amides is 1. The number of likely N-dealkylation sites (N-methyl/N-ethyl adjacent to an activating group) is 1. The highest BCUT2D eigenvalue weighted by Crippen LogP contribution is 2.51. The summed E-state index contributed by atoms with van der Waals surface area (Å²) in [6.45, 7) is 1.69. The number of pyridine rings is 1. The molecule has 1 aromatic carbocycles. The number of hydrogen-bond acceptors (Lipinski definition) is 4. The molecule has 27 heavy (non-hydrogen) atoms. The highest BCUT2D eigenvalue weighted by Gasteiger charge is 2.55. The van der Waals surface area contributed by atoms with Crippen LogP contribution in [0.5, 0.6) is 0 Å². The van der Waals surface area contributed by atoms with Crippen molar-refractivity contribution in [1.29, 1.82) is 0 Å². The fourth-order valence-electron chi connectivity index (χ4n) is 3.83. The van der Waals surface area contributed by atoms with Crippen molar-refractivity contribution in [3.05, 3.63) is 82.6 Å². The first-order chi connectivity index (χ1) is 12.9. The van der Waals surface area contributed by atoms with Gasteiger partial charge in [0, 0.05) is 28.8 Å². The molecule has 3 atom stereocenters. The zero-order chi connectivity index (χ0) is 19.2. The molecule has 3 heterocycles. The average molecular weight is 380 g/mol. The number of likely N-dealkylation sites (tertiary alicyclic amines) is 1. The molecule has 4 rings (SSSR count). The van der Waals surface area contributed by atoms with Crippen LogP contribution in [-0.4, -0.2) is 28.7 Å². The van der Waals surface area contributed by atoms with Crippen LogP contribution >= 0.6 is 11.3 Å². The third kappa shape index (κ3) is 2.91. The van der Waals surface area contributed by atoms with E-state index in [-0.39, 0.29) is 11.8 Å². The summed E-state index contributed by atoms with van der Waals surface area (Å²) in [7, 11) is 1.64. The van der Waals surface area contributed by atoms with Gasteiger partial charge < -0.3 is 15.2 Å². The van der Waals surface area contributed by atoms with Gasteiger partial charge in [-0.25, -0.2) is 0 Å². The van der Waals surface area contributed by atoms with Crippen molar-refractivity contribution in [2.75, 3.05) is 7.05 Å². The van der Waals surface area contributed by atoms with Gasteiger partial charge in [0.1, 0.15) is 5.72 Å². The van der Waals surface area contributed by atoms with Crippen LogP contribution in [0.1, 0.15) is 29.2 Å². The first kappa shape index (κ1) is 17.7. The van der Waals surface area contributed by atoms with Gasteiger partial charge in [-0.05, 0) is 30.7 Å². The van der Waals surface area contributed by atoms with Crippen LogP contribution in [0.4, 0.5) is 0 Å². The molecule has 1 aliphatic heterocycles. The Morgan fingerprint density at radius 2 is 1.89 bits per heavy atom. The molecule has 1 unspecified atom stereocenters. The summed E-state index contributed by atoms with van der Waals surface area (Å²) in [6.07, 6.45) is 2.96. The van der Waals surface area contributed by atoms with Crippen LogP contribution in [-0.2, 0) is 4.79 Å². The minimum atomic E-state index is -1.28. The second kappa shape index (κ2) is 6.48. The minimum absolute atomic E-state index is 0.103. The number of carbonyl (C=O) groups excluding carboxylic acids is 1. The lowest BCUT2D eigenvalue weighted by Crippen LogP contribution is -2.43. The summed E-state index contributed by atoms with van der Waals surface area (Å²) >= 11 is 1.49. The van der Waals surface area contributed by atoms with E-state index in [0.717, 1.165) is 25.6 Å². The molecule has 0 spiro atoms. The summed E-state index contributed by atoms with van der Waals surface area (Å²) in [5.74, 6) is -0.939. The SMILES string of the molecule is CN1C(=O)C(c2ccc(-c3ccc[n+]([O-])c3)s2)[C@H](c2ccccc2)[C@@]1(C)O. The predicted molar refractivity (Wildman–Crippen MR) is 104 cm³/mol. The second-order valence-corrected chi connectivity index (χ2v) is 8.13. The lowest BCUT2D eigenvalue weighted by molar-refractivity contribution is -0.604. The summed E-state index contributed by atoms with van der Waals surface area (Å²) in [6, 6.07) is 17.1. The van der Waals surface area contributed by atoms with Gasteiger partial charge in [0.05, 0.1) is 11.5 Å². The van der Waals surface area contributed by atoms with Crippen molar-refractivity contribution in [2.45, 2.75) is 24.5 Å². The van der Waals surface area contributed by atoms with E-state index in [2.05, 4.69) is 0 Å². The number of rotatable bonds is 3. The average Bonchev–Trinajstić information content (AvgIpc) is 3.20. The molecule has 0 aliphatic carbocycles. The fourth-order valence-corrected chi connectivity index (χ4v) is 4.96. The van der Waals surface area contributed by atoms with Crippen LogP contribution in [0.15, 0.2) is 67.0 Å². The van der Waals surface area contributed by atoms with Gasteiger partial charge in [-0.3, -0.25) is 4.79 Å². The third-order valence-electron chi connectivity index (χ3n) is 5.35. The maximum atomic E-state index is 13.0. The molecular formula is C21H20N2O3S. The van der Waals surface area contributed by atoms with Crippen LogP contribution < -0.4 is 4.73 Å². The Morgan fingerprint density at radius 3 is 2.59 bits per heavy atom. The van der Waals surface area contributed by atoms with E-state index in [1.165, 1.54) is 28.6 Å². The Kier molecular flexibility index (Phi) is 4.25. The molecule has 1 amide bonds. The van der Waals surface area contributed by atoms with Crippen molar-refractivity contribution in [3.8, 4) is 10.4 Å². The number of thiophene rings is 1. The molecule has 1 N–H and O–H groups in total. The van der Waals surface area contributed by atoms with Crippen molar-refractivity contribution in [2.24, 2.45) is 0 Å². The third-order valence-corrected chi connectivity index (χ3v) is 6.57. The molecule has 1 aliphatic rings. The van der Waals surface area contributed by atoms with Gasteiger partial charge in [0.2, 0.25) is 5.91 Å². The maximum Gasteiger partial charge on any atom is 0.233 e. The minimum Gasteiger partial charge on any atom is -0.619 e. The molecular weight excluding hydrogens is 360 g/mol. The number of carbonyl (C=O) groups is 1. The number of nitrogens with zero attached hydrogens (tertiary/aromatic N) is 2. The maximum absolute atomic E-state index is 13.0. The highest BCUT2D eigenvalue weighted by molar-refractivity contribution is 7.15. The first-order valence-corrected chi connectivity index (χ1v) is 9.55. The van der Waals surface area contributed by atoms with Gasteiger partial charge >= 0.3 is 0 Å². The Balaban J connectivity index is 1.78. The second-order valence-electron chi connectivity index (χ2n) is 7.01. The van der Waals surface area contributed by atoms with Gasteiger partial charge in [-0.15, -0.1) is 11.3 Å². The first-order valence-electron chi connectivity index (χ1n) is 8.73. The summed E-state index contributed by atoms with van der Waals surface area (Å²) < 4.78 is 0.765. The molecule has 1 saturated heterocycles. The fraction of sp³-hybridized carbons (Fsp3) is 0.238. The van der Waals surface area contributed by atoms with E-state index in [4.69, 9.17) is 0 Å². The summed E-state index contributed by atoms with van der Waals surface area (Å²) in [4.78, 5) is 16.3. The molecule has 6 heteroatoms. The van der Waals surface area contributed by atoms with E-state index in [9.17, 15) is 15.1 Å². The molecule has 0 bridgehead atoms. The molecule has 2 aromatic heterocycles. The van der Waals surface area contributed by atoms with E-state index < -0.39 is 11.6 Å². The molecule has 0 saturated carbocycles. The molecule has 3 aromatic rings. The lowest BCUT2D eigenvalue weighted by Gasteiger charge is -2.32. The van der Waals surface area contributed by atoms with Gasteiger partial charge in [-0.2, -0.15) is 4.73 Å². The summed E-state index contributed by atoms with van der Waals surface area (Å²) in [5, 5.41) is 22.7. The number of hydrogen-bond donors (Lipinski definition) is 1. The highest BCUT2D eigenvalue weighted by atomic mass is 32.1. The van der Waals surface area contributed by atoms with Crippen molar-refractivity contribution < 1.29 is 14.6 Å². The van der Waals surface area contributed by atoms with E-state index in [1.807, 2.05) is 48.5 Å². The largest absolute Gasteiger partial charge is 0.619 e. The van der Waals surface area contributed by atoms with E-state index in [0.29, 0.717) is 0 Å². The predicted octanol–water partition coefficient (Wildman–Crippen LogP) is 3.10. The number of benzene rings is 1.